The van der Waals surface area contributed by atoms with E-state index in [1.54, 1.807) is 0 Å². The predicted octanol–water partition coefficient (Wildman–Crippen LogP) is 1.95. The number of halogens is 3. The van der Waals surface area contributed by atoms with Crippen LogP contribution in [-0.2, 0) is 16.0 Å². The third-order valence-corrected chi connectivity index (χ3v) is 3.96. The summed E-state index contributed by atoms with van der Waals surface area (Å²) in [5, 5.41) is 2.66. The summed E-state index contributed by atoms with van der Waals surface area (Å²) in [6.45, 7) is 1.65. The third kappa shape index (κ3) is 4.52. The maximum absolute atomic E-state index is 12.2. The fourth-order valence-electron chi connectivity index (χ4n) is 1.15. The van der Waals surface area contributed by atoms with Gasteiger partial charge in [0.25, 0.3) is 0 Å². The van der Waals surface area contributed by atoms with E-state index in [0.29, 0.717) is 6.20 Å². The molecule has 0 atom stereocenters. The first-order valence-electron chi connectivity index (χ1n) is 5.22. The van der Waals surface area contributed by atoms with E-state index in [1.165, 1.54) is 13.0 Å². The van der Waals surface area contributed by atoms with Crippen LogP contribution in [-0.4, -0.2) is 31.5 Å². The lowest BCUT2D eigenvalue weighted by molar-refractivity contribution is -0.137. The highest BCUT2D eigenvalue weighted by molar-refractivity contribution is 7.91. The van der Waals surface area contributed by atoms with Gasteiger partial charge in [-0.2, -0.15) is 13.2 Å². The summed E-state index contributed by atoms with van der Waals surface area (Å²) < 4.78 is 59.0. The van der Waals surface area contributed by atoms with Gasteiger partial charge in [-0.3, -0.25) is 0 Å². The summed E-state index contributed by atoms with van der Waals surface area (Å²) in [5.74, 6) is 0.177. The molecule has 1 N–H and O–H groups in total. The van der Waals surface area contributed by atoms with Crippen molar-refractivity contribution < 1.29 is 21.6 Å². The molecule has 18 heavy (non-hydrogen) atoms. The van der Waals surface area contributed by atoms with Gasteiger partial charge in [0.05, 0.1) is 11.3 Å². The Morgan fingerprint density at radius 1 is 1.33 bits per heavy atom. The van der Waals surface area contributed by atoms with E-state index in [9.17, 15) is 21.6 Å². The maximum atomic E-state index is 12.2. The molecule has 0 aliphatic rings. The molecule has 1 aromatic heterocycles. The molecule has 0 spiro atoms. The molecule has 0 fully saturated rings. The Morgan fingerprint density at radius 2 is 2.00 bits per heavy atom. The van der Waals surface area contributed by atoms with Gasteiger partial charge in [-0.15, -0.1) is 0 Å². The molecule has 0 radical (unpaired) electrons. The standard InChI is InChI=1S/C10H13F3N2O2S/c1-2-18(16,17)6-5-14-9-4-3-8(7-15-9)10(11,12)13/h3-4,7H,2,5-6H2,1H3,(H,14,15). The molecular weight excluding hydrogens is 269 g/mol. The quantitative estimate of drug-likeness (QED) is 0.896. The van der Waals surface area contributed by atoms with Gasteiger partial charge in [-0.1, -0.05) is 6.92 Å². The molecular formula is C10H13F3N2O2S. The van der Waals surface area contributed by atoms with Crippen LogP contribution in [0.4, 0.5) is 19.0 Å². The molecule has 1 aromatic rings. The first-order valence-corrected chi connectivity index (χ1v) is 7.04. The number of hydrogen-bond acceptors (Lipinski definition) is 4. The third-order valence-electron chi connectivity index (χ3n) is 2.25. The van der Waals surface area contributed by atoms with Crippen molar-refractivity contribution in [1.29, 1.82) is 0 Å². The summed E-state index contributed by atoms with van der Waals surface area (Å²) in [4.78, 5) is 3.56. The highest BCUT2D eigenvalue weighted by Crippen LogP contribution is 2.28. The van der Waals surface area contributed by atoms with Crippen molar-refractivity contribution >= 4 is 15.7 Å². The van der Waals surface area contributed by atoms with Crippen LogP contribution in [0.2, 0.25) is 0 Å². The van der Waals surface area contributed by atoms with E-state index in [1.807, 2.05) is 0 Å². The Bertz CT molecular complexity index is 483. The van der Waals surface area contributed by atoms with Gasteiger partial charge < -0.3 is 5.32 Å². The smallest absolute Gasteiger partial charge is 0.369 e. The summed E-state index contributed by atoms with van der Waals surface area (Å²) in [6.07, 6.45) is -3.71. The average Bonchev–Trinajstić information content (AvgIpc) is 2.28. The van der Waals surface area contributed by atoms with Crippen molar-refractivity contribution in [2.45, 2.75) is 13.1 Å². The normalized spacial score (nSPS) is 12.4. The minimum absolute atomic E-state index is 0.0368. The zero-order valence-electron chi connectivity index (χ0n) is 9.66. The number of sulfone groups is 1. The van der Waals surface area contributed by atoms with Crippen molar-refractivity contribution in [3.05, 3.63) is 23.9 Å². The Labute approximate surface area is 103 Å². The van der Waals surface area contributed by atoms with E-state index >= 15 is 0 Å². The number of nitrogens with one attached hydrogen (secondary N) is 1. The lowest BCUT2D eigenvalue weighted by Crippen LogP contribution is -2.17. The largest absolute Gasteiger partial charge is 0.417 e. The van der Waals surface area contributed by atoms with Crippen LogP contribution < -0.4 is 5.32 Å². The second-order valence-corrected chi connectivity index (χ2v) is 6.07. The Kier molecular flexibility index (Phi) is 4.55. The number of alkyl halides is 3. The van der Waals surface area contributed by atoms with Crippen LogP contribution in [0.5, 0.6) is 0 Å². The molecule has 0 saturated heterocycles. The summed E-state index contributed by atoms with van der Waals surface area (Å²) >= 11 is 0. The molecule has 0 unspecified atom stereocenters. The first kappa shape index (κ1) is 14.7. The number of pyridine rings is 1. The summed E-state index contributed by atoms with van der Waals surface area (Å²) in [7, 11) is -3.09. The molecule has 0 bridgehead atoms. The Morgan fingerprint density at radius 3 is 2.44 bits per heavy atom. The minimum Gasteiger partial charge on any atom is -0.369 e. The first-order chi connectivity index (χ1) is 8.24. The van der Waals surface area contributed by atoms with Gasteiger partial charge in [0.2, 0.25) is 0 Å². The van der Waals surface area contributed by atoms with Crippen LogP contribution in [0.15, 0.2) is 18.3 Å². The van der Waals surface area contributed by atoms with E-state index < -0.39 is 21.6 Å². The van der Waals surface area contributed by atoms with E-state index in [2.05, 4.69) is 10.3 Å². The van der Waals surface area contributed by atoms with Gasteiger partial charge in [-0.25, -0.2) is 13.4 Å². The van der Waals surface area contributed by atoms with Crippen LogP contribution in [0.25, 0.3) is 0 Å². The van der Waals surface area contributed by atoms with Gasteiger partial charge in [0.15, 0.2) is 9.84 Å². The molecule has 0 aromatic carbocycles. The zero-order chi connectivity index (χ0) is 13.8. The van der Waals surface area contributed by atoms with Crippen molar-refractivity contribution in [2.24, 2.45) is 0 Å². The number of hydrogen-bond donors (Lipinski definition) is 1. The van der Waals surface area contributed by atoms with Crippen LogP contribution in [0, 0.1) is 0 Å². The maximum Gasteiger partial charge on any atom is 0.417 e. The van der Waals surface area contributed by atoms with Gasteiger partial charge in [0, 0.05) is 18.5 Å². The predicted molar refractivity (Wildman–Crippen MR) is 62.1 cm³/mol. The van der Waals surface area contributed by atoms with Crippen LogP contribution >= 0.6 is 0 Å². The molecule has 102 valence electrons. The molecule has 1 heterocycles. The second kappa shape index (κ2) is 5.55. The second-order valence-electron chi connectivity index (χ2n) is 3.59. The lowest BCUT2D eigenvalue weighted by atomic mass is 10.3. The van der Waals surface area contributed by atoms with Crippen molar-refractivity contribution in [3.63, 3.8) is 0 Å². The highest BCUT2D eigenvalue weighted by Gasteiger charge is 2.30. The minimum atomic E-state index is -4.42. The van der Waals surface area contributed by atoms with Crippen LogP contribution in [0.1, 0.15) is 12.5 Å². The number of rotatable bonds is 5. The van der Waals surface area contributed by atoms with E-state index in [0.717, 1.165) is 6.07 Å². The van der Waals surface area contributed by atoms with Crippen molar-refractivity contribution in [2.75, 3.05) is 23.4 Å². The average molecular weight is 282 g/mol. The van der Waals surface area contributed by atoms with Crippen molar-refractivity contribution in [3.8, 4) is 0 Å². The summed E-state index contributed by atoms with van der Waals surface area (Å²) in [5.41, 5.74) is -0.839. The molecule has 1 rings (SSSR count). The molecule has 0 saturated carbocycles. The van der Waals surface area contributed by atoms with Gasteiger partial charge in [0.1, 0.15) is 5.82 Å². The van der Waals surface area contributed by atoms with E-state index in [4.69, 9.17) is 0 Å². The molecule has 4 nitrogen and oxygen atoms in total. The van der Waals surface area contributed by atoms with E-state index in [-0.39, 0.29) is 23.9 Å². The van der Waals surface area contributed by atoms with Gasteiger partial charge >= 0.3 is 6.18 Å². The SMILES string of the molecule is CCS(=O)(=O)CCNc1ccc(C(F)(F)F)cn1. The van der Waals surface area contributed by atoms with Gasteiger partial charge in [-0.05, 0) is 12.1 Å². The number of aromatic nitrogens is 1. The van der Waals surface area contributed by atoms with Crippen LogP contribution in [0.3, 0.4) is 0 Å². The lowest BCUT2D eigenvalue weighted by Gasteiger charge is -2.08. The Hall–Kier alpha value is -1.31. The highest BCUT2D eigenvalue weighted by atomic mass is 32.2. The topological polar surface area (TPSA) is 59.1 Å². The molecule has 0 aliphatic carbocycles. The fourth-order valence-corrected chi connectivity index (χ4v) is 1.85. The van der Waals surface area contributed by atoms with Crippen molar-refractivity contribution in [1.82, 2.24) is 4.98 Å². The molecule has 0 amide bonds. The monoisotopic (exact) mass is 282 g/mol. The Balaban J connectivity index is 2.55. The summed E-state index contributed by atoms with van der Waals surface area (Å²) in [6, 6.07) is 2.06. The molecule has 0 aliphatic heterocycles. The zero-order valence-corrected chi connectivity index (χ0v) is 10.5. The molecule has 8 heteroatoms. The fraction of sp³-hybridized carbons (Fsp3) is 0.500. The number of anilines is 1. The number of nitrogens with zero attached hydrogens (tertiary/aromatic N) is 1.